The standard InChI is InChI=1S/C21H28N.C3H7.2CH3.Ti/c1-7-22-13(2)11-18-9-8-10-19(21(18)22)12-20-16(5)14(3)15(4)17(20)6;1-3-2;;;/h8-10,13,16H,1,7,11-12H2,2-6H3;1,3H2,2H3;2*1H3;/q4*-1;+4. The minimum absolute atomic E-state index is 0. The van der Waals surface area contributed by atoms with Gasteiger partial charge in [0.2, 0.25) is 0 Å². The molecule has 1 aromatic carbocycles. The Kier molecular flexibility index (Phi) is 13.4. The number of allylic oxidation sites excluding steroid dienone is 4. The van der Waals surface area contributed by atoms with Crippen molar-refractivity contribution in [3.05, 3.63) is 80.3 Å². The largest absolute Gasteiger partial charge is 4.00 e. The third kappa shape index (κ3) is 5.64. The molecule has 0 N–H and O–H groups in total. The first-order valence-electron chi connectivity index (χ1n) is 9.70. The molecule has 0 aromatic heterocycles. The van der Waals surface area contributed by atoms with Gasteiger partial charge in [-0.2, -0.15) is 6.42 Å². The zero-order valence-electron chi connectivity index (χ0n) is 19.6. The van der Waals surface area contributed by atoms with Gasteiger partial charge in [0, 0.05) is 11.7 Å². The summed E-state index contributed by atoms with van der Waals surface area (Å²) in [6.45, 7) is 22.0. The van der Waals surface area contributed by atoms with E-state index in [1.807, 2.05) is 6.92 Å². The van der Waals surface area contributed by atoms with Gasteiger partial charge in [0.1, 0.15) is 0 Å². The normalized spacial score (nSPS) is 19.9. The fourth-order valence-electron chi connectivity index (χ4n) is 4.24. The maximum atomic E-state index is 4.15. The summed E-state index contributed by atoms with van der Waals surface area (Å²) < 4.78 is 0. The molecule has 1 aromatic rings. The molecule has 0 amide bonds. The van der Waals surface area contributed by atoms with Gasteiger partial charge in [-0.05, 0) is 68.7 Å². The Morgan fingerprint density at radius 2 is 1.61 bits per heavy atom. The van der Waals surface area contributed by atoms with Crippen molar-refractivity contribution in [3.8, 4) is 0 Å². The molecule has 28 heavy (non-hydrogen) atoms. The number of rotatable bonds is 3. The van der Waals surface area contributed by atoms with E-state index in [9.17, 15) is 0 Å². The van der Waals surface area contributed by atoms with Gasteiger partial charge in [-0.25, -0.2) is 0 Å². The van der Waals surface area contributed by atoms with Gasteiger partial charge in [-0.3, -0.25) is 0 Å². The number of hydrogen-bond donors (Lipinski definition) is 0. The number of hydrogen-bond acceptors (Lipinski definition) is 1. The molecule has 2 atom stereocenters. The average molecular weight is 415 g/mol. The van der Waals surface area contributed by atoms with Crippen molar-refractivity contribution in [1.82, 2.24) is 0 Å². The number of anilines is 1. The SMILES string of the molecule is [CH2-]CC.[CH2-]CN1c2c(CC3=C(C)C(C)=C(C)C3C)cccc2CC1C.[CH3-].[CH3-].[Ti+4]. The van der Waals surface area contributed by atoms with Gasteiger partial charge in [0.05, 0.1) is 0 Å². The minimum atomic E-state index is 0. The van der Waals surface area contributed by atoms with Crippen molar-refractivity contribution >= 4 is 5.69 Å². The van der Waals surface area contributed by atoms with Crippen LogP contribution in [0.2, 0.25) is 0 Å². The molecular formula is C26H41NTi. The van der Waals surface area contributed by atoms with Crippen LogP contribution in [0.4, 0.5) is 5.69 Å². The molecule has 2 aliphatic rings. The zero-order valence-corrected chi connectivity index (χ0v) is 21.1. The molecule has 2 heteroatoms. The Hall–Kier alpha value is -0.786. The predicted molar refractivity (Wildman–Crippen MR) is 125 cm³/mol. The van der Waals surface area contributed by atoms with E-state index in [1.54, 1.807) is 11.1 Å². The van der Waals surface area contributed by atoms with Gasteiger partial charge in [-0.1, -0.05) is 43.2 Å². The molecule has 3 rings (SSSR count). The summed E-state index contributed by atoms with van der Waals surface area (Å²) in [5, 5.41) is 0. The summed E-state index contributed by atoms with van der Waals surface area (Å²) in [5.41, 5.74) is 10.6. The van der Waals surface area contributed by atoms with Crippen LogP contribution in [0, 0.1) is 34.6 Å². The zero-order chi connectivity index (χ0) is 18.7. The van der Waals surface area contributed by atoms with E-state index < -0.39 is 0 Å². The molecule has 1 aliphatic carbocycles. The van der Waals surface area contributed by atoms with E-state index in [0.29, 0.717) is 12.0 Å². The smallest absolute Gasteiger partial charge is 0.398 e. The van der Waals surface area contributed by atoms with Crippen LogP contribution in [0.25, 0.3) is 0 Å². The summed E-state index contributed by atoms with van der Waals surface area (Å²) in [6, 6.07) is 7.41. The van der Waals surface area contributed by atoms with Crippen LogP contribution in [0.15, 0.2) is 40.5 Å². The Labute approximate surface area is 191 Å². The predicted octanol–water partition coefficient (Wildman–Crippen LogP) is 7.25. The van der Waals surface area contributed by atoms with E-state index in [0.717, 1.165) is 25.8 Å². The van der Waals surface area contributed by atoms with Crippen LogP contribution in [0.3, 0.4) is 0 Å². The van der Waals surface area contributed by atoms with E-state index in [2.05, 4.69) is 71.6 Å². The second-order valence-electron chi connectivity index (χ2n) is 7.53. The summed E-state index contributed by atoms with van der Waals surface area (Å²) in [7, 11) is 0. The Morgan fingerprint density at radius 3 is 2.07 bits per heavy atom. The summed E-state index contributed by atoms with van der Waals surface area (Å²) >= 11 is 0. The number of para-hydroxylation sites is 1. The van der Waals surface area contributed by atoms with Crippen LogP contribution < -0.4 is 4.90 Å². The molecule has 2 unspecified atom stereocenters. The van der Waals surface area contributed by atoms with Crippen molar-refractivity contribution < 1.29 is 21.7 Å². The summed E-state index contributed by atoms with van der Waals surface area (Å²) in [4.78, 5) is 2.48. The van der Waals surface area contributed by atoms with Crippen LogP contribution in [-0.4, -0.2) is 12.6 Å². The maximum absolute atomic E-state index is 4.15. The Morgan fingerprint density at radius 1 is 1.04 bits per heavy atom. The molecule has 0 fully saturated rings. The van der Waals surface area contributed by atoms with Crippen LogP contribution in [0.1, 0.15) is 59.1 Å². The van der Waals surface area contributed by atoms with Crippen LogP contribution in [-0.2, 0) is 34.6 Å². The third-order valence-electron chi connectivity index (χ3n) is 5.97. The molecule has 0 saturated heterocycles. The monoisotopic (exact) mass is 415 g/mol. The first-order chi connectivity index (χ1) is 11.9. The summed E-state index contributed by atoms with van der Waals surface area (Å²) in [6.07, 6.45) is 3.23. The first-order valence-corrected chi connectivity index (χ1v) is 9.70. The molecule has 0 radical (unpaired) electrons. The molecule has 154 valence electrons. The van der Waals surface area contributed by atoms with Crippen molar-refractivity contribution in [2.24, 2.45) is 5.92 Å². The number of benzene rings is 1. The van der Waals surface area contributed by atoms with Gasteiger partial charge in [0.25, 0.3) is 0 Å². The van der Waals surface area contributed by atoms with Crippen molar-refractivity contribution in [1.29, 1.82) is 0 Å². The molecule has 0 spiro atoms. The van der Waals surface area contributed by atoms with E-state index in [4.69, 9.17) is 0 Å². The maximum Gasteiger partial charge on any atom is 4.00 e. The molecule has 0 bridgehead atoms. The fraction of sp³-hybridized carbons (Fsp3) is 0.462. The number of fused-ring (bicyclic) bond motifs is 1. The van der Waals surface area contributed by atoms with Gasteiger partial charge >= 0.3 is 21.7 Å². The third-order valence-corrected chi connectivity index (χ3v) is 5.97. The molecular weight excluding hydrogens is 374 g/mol. The van der Waals surface area contributed by atoms with Crippen molar-refractivity contribution in [3.63, 3.8) is 0 Å². The molecule has 1 aliphatic heterocycles. The van der Waals surface area contributed by atoms with E-state index in [-0.39, 0.29) is 36.6 Å². The second-order valence-corrected chi connectivity index (χ2v) is 7.53. The van der Waals surface area contributed by atoms with E-state index >= 15 is 0 Å². The quantitative estimate of drug-likeness (QED) is 0.371. The van der Waals surface area contributed by atoms with Crippen molar-refractivity contribution in [2.75, 3.05) is 11.4 Å². The number of nitrogens with zero attached hydrogens (tertiary/aromatic N) is 1. The minimum Gasteiger partial charge on any atom is -0.398 e. The van der Waals surface area contributed by atoms with E-state index in [1.165, 1.54) is 28.0 Å². The van der Waals surface area contributed by atoms with Gasteiger partial charge < -0.3 is 33.6 Å². The van der Waals surface area contributed by atoms with Crippen LogP contribution >= 0.6 is 0 Å². The summed E-state index contributed by atoms with van der Waals surface area (Å²) in [5.74, 6) is 0.586. The van der Waals surface area contributed by atoms with Crippen LogP contribution in [0.5, 0.6) is 0 Å². The molecule has 1 heterocycles. The molecule has 0 saturated carbocycles. The average Bonchev–Trinajstić information content (AvgIpc) is 3.01. The van der Waals surface area contributed by atoms with Gasteiger partial charge in [-0.15, -0.1) is 6.54 Å². The van der Waals surface area contributed by atoms with Gasteiger partial charge in [0.15, 0.2) is 0 Å². The van der Waals surface area contributed by atoms with Crippen molar-refractivity contribution in [2.45, 2.75) is 66.8 Å². The Bertz CT molecular complexity index is 684. The topological polar surface area (TPSA) is 3.24 Å². The Balaban J connectivity index is 0. The second kappa shape index (κ2) is 12.7. The fourth-order valence-corrected chi connectivity index (χ4v) is 4.24. The first kappa shape index (κ1) is 29.4. The molecule has 1 nitrogen and oxygen atoms in total.